The second-order valence-electron chi connectivity index (χ2n) is 3.76. The van der Waals surface area contributed by atoms with Gasteiger partial charge in [-0.15, -0.1) is 0 Å². The van der Waals surface area contributed by atoms with Gasteiger partial charge in [0.15, 0.2) is 5.69 Å². The standard InChI is InChI=1S/C12H11ClN2O4/c1-19-8-3-2-6(13)4-7(8)11(16)9-10(12(17)18)15-5-14-9/h2-5,11,16H,1H3,(H,14,15)(H,17,18). The van der Waals surface area contributed by atoms with Gasteiger partial charge in [0.25, 0.3) is 0 Å². The van der Waals surface area contributed by atoms with Crippen LogP contribution in [0.3, 0.4) is 0 Å². The number of aromatic nitrogens is 2. The molecular formula is C12H11ClN2O4. The molecule has 6 nitrogen and oxygen atoms in total. The molecule has 1 aromatic carbocycles. The molecule has 0 bridgehead atoms. The second-order valence-corrected chi connectivity index (χ2v) is 4.20. The van der Waals surface area contributed by atoms with Crippen molar-refractivity contribution in [3.63, 3.8) is 0 Å². The summed E-state index contributed by atoms with van der Waals surface area (Å²) in [5.41, 5.74) is 0.198. The normalized spacial score (nSPS) is 12.2. The van der Waals surface area contributed by atoms with E-state index in [0.717, 1.165) is 0 Å². The molecule has 0 spiro atoms. The van der Waals surface area contributed by atoms with E-state index in [1.165, 1.54) is 19.5 Å². The zero-order valence-corrected chi connectivity index (χ0v) is 10.7. The van der Waals surface area contributed by atoms with Gasteiger partial charge in [0.05, 0.1) is 19.1 Å². The van der Waals surface area contributed by atoms with Crippen LogP contribution in [0.15, 0.2) is 24.5 Å². The summed E-state index contributed by atoms with van der Waals surface area (Å²) in [5, 5.41) is 19.7. The van der Waals surface area contributed by atoms with E-state index in [1.54, 1.807) is 12.1 Å². The number of aromatic amines is 1. The maximum absolute atomic E-state index is 11.0. The van der Waals surface area contributed by atoms with E-state index >= 15 is 0 Å². The van der Waals surface area contributed by atoms with Gasteiger partial charge in [-0.3, -0.25) is 0 Å². The summed E-state index contributed by atoms with van der Waals surface area (Å²) in [6.07, 6.45) is -0.0128. The van der Waals surface area contributed by atoms with Crippen LogP contribution in [-0.4, -0.2) is 33.3 Å². The Labute approximate surface area is 113 Å². The minimum absolute atomic E-state index is 0.0769. The van der Waals surface area contributed by atoms with Crippen LogP contribution < -0.4 is 4.74 Å². The molecule has 0 radical (unpaired) electrons. The minimum atomic E-state index is -1.23. The van der Waals surface area contributed by atoms with Crippen molar-refractivity contribution in [1.29, 1.82) is 0 Å². The number of aliphatic hydroxyl groups is 1. The number of aromatic carboxylic acids is 1. The monoisotopic (exact) mass is 282 g/mol. The molecule has 100 valence electrons. The van der Waals surface area contributed by atoms with Gasteiger partial charge >= 0.3 is 5.97 Å². The van der Waals surface area contributed by atoms with E-state index in [-0.39, 0.29) is 11.4 Å². The number of ether oxygens (including phenoxy) is 1. The molecule has 7 heteroatoms. The maximum atomic E-state index is 11.0. The van der Waals surface area contributed by atoms with Crippen molar-refractivity contribution in [3.05, 3.63) is 46.5 Å². The third-order valence-corrected chi connectivity index (χ3v) is 2.87. The first-order chi connectivity index (χ1) is 9.04. The number of imidazole rings is 1. The molecule has 0 saturated carbocycles. The van der Waals surface area contributed by atoms with Crippen molar-refractivity contribution in [3.8, 4) is 5.75 Å². The summed E-state index contributed by atoms with van der Waals surface area (Å²) < 4.78 is 5.12. The lowest BCUT2D eigenvalue weighted by atomic mass is 10.0. The molecule has 2 rings (SSSR count). The molecule has 1 aromatic heterocycles. The number of hydrogen-bond acceptors (Lipinski definition) is 4. The fourth-order valence-corrected chi connectivity index (χ4v) is 1.94. The van der Waals surface area contributed by atoms with Gasteiger partial charge in [0, 0.05) is 10.6 Å². The topological polar surface area (TPSA) is 95.4 Å². The van der Waals surface area contributed by atoms with Crippen molar-refractivity contribution in [2.24, 2.45) is 0 Å². The van der Waals surface area contributed by atoms with Crippen LogP contribution in [-0.2, 0) is 0 Å². The number of methoxy groups -OCH3 is 1. The number of hydrogen-bond donors (Lipinski definition) is 3. The van der Waals surface area contributed by atoms with E-state index in [0.29, 0.717) is 16.3 Å². The number of benzene rings is 1. The number of carbonyl (C=O) groups is 1. The number of carboxylic acids is 1. The Bertz CT molecular complexity index is 612. The quantitative estimate of drug-likeness (QED) is 0.795. The number of nitrogens with one attached hydrogen (secondary N) is 1. The Hall–Kier alpha value is -2.05. The smallest absolute Gasteiger partial charge is 0.356 e. The van der Waals surface area contributed by atoms with E-state index < -0.39 is 12.1 Å². The van der Waals surface area contributed by atoms with Crippen LogP contribution in [0.4, 0.5) is 0 Å². The predicted octanol–water partition coefficient (Wildman–Crippen LogP) is 1.85. The van der Waals surface area contributed by atoms with Crippen LogP contribution in [0.1, 0.15) is 27.8 Å². The summed E-state index contributed by atoms with van der Waals surface area (Å²) in [4.78, 5) is 17.3. The highest BCUT2D eigenvalue weighted by Crippen LogP contribution is 2.32. The Morgan fingerprint density at radius 1 is 1.53 bits per heavy atom. The van der Waals surface area contributed by atoms with E-state index in [2.05, 4.69) is 9.97 Å². The number of carboxylic acid groups (broad SMARTS) is 1. The van der Waals surface area contributed by atoms with E-state index in [4.69, 9.17) is 21.4 Å². The zero-order valence-electron chi connectivity index (χ0n) is 9.92. The first-order valence-electron chi connectivity index (χ1n) is 5.32. The fourth-order valence-electron chi connectivity index (χ4n) is 1.76. The lowest BCUT2D eigenvalue weighted by molar-refractivity contribution is 0.0685. The van der Waals surface area contributed by atoms with Gasteiger partial charge in [-0.2, -0.15) is 0 Å². The van der Waals surface area contributed by atoms with Crippen LogP contribution >= 0.6 is 11.6 Å². The Morgan fingerprint density at radius 2 is 2.26 bits per heavy atom. The third kappa shape index (κ3) is 2.54. The van der Waals surface area contributed by atoms with Gasteiger partial charge < -0.3 is 19.9 Å². The molecule has 0 fully saturated rings. The summed E-state index contributed by atoms with van der Waals surface area (Å²) in [6, 6.07) is 4.72. The molecule has 0 saturated heterocycles. The van der Waals surface area contributed by atoms with E-state index in [1.807, 2.05) is 0 Å². The molecule has 1 heterocycles. The molecule has 1 atom stereocenters. The Kier molecular flexibility index (Phi) is 3.73. The Morgan fingerprint density at radius 3 is 2.89 bits per heavy atom. The molecule has 0 aliphatic rings. The van der Waals surface area contributed by atoms with Gasteiger partial charge in [-0.25, -0.2) is 9.78 Å². The van der Waals surface area contributed by atoms with Crippen LogP contribution in [0.25, 0.3) is 0 Å². The minimum Gasteiger partial charge on any atom is -0.496 e. The predicted molar refractivity (Wildman–Crippen MR) is 67.6 cm³/mol. The van der Waals surface area contributed by atoms with Gasteiger partial charge in [-0.05, 0) is 18.2 Å². The van der Waals surface area contributed by atoms with Crippen molar-refractivity contribution < 1.29 is 19.7 Å². The summed E-state index contributed by atoms with van der Waals surface area (Å²) in [5.74, 6) is -0.820. The van der Waals surface area contributed by atoms with Crippen molar-refractivity contribution >= 4 is 17.6 Å². The largest absolute Gasteiger partial charge is 0.496 e. The Balaban J connectivity index is 2.49. The lowest BCUT2D eigenvalue weighted by Gasteiger charge is -2.14. The fraction of sp³-hybridized carbons (Fsp3) is 0.167. The molecule has 0 aliphatic carbocycles. The first-order valence-corrected chi connectivity index (χ1v) is 5.70. The maximum Gasteiger partial charge on any atom is 0.356 e. The van der Waals surface area contributed by atoms with Crippen LogP contribution in [0.2, 0.25) is 5.02 Å². The van der Waals surface area contributed by atoms with Gasteiger partial charge in [0.1, 0.15) is 11.9 Å². The summed E-state index contributed by atoms with van der Waals surface area (Å²) in [7, 11) is 1.45. The summed E-state index contributed by atoms with van der Waals surface area (Å²) in [6.45, 7) is 0. The lowest BCUT2D eigenvalue weighted by Crippen LogP contribution is -2.09. The number of halogens is 1. The highest BCUT2D eigenvalue weighted by Gasteiger charge is 2.24. The van der Waals surface area contributed by atoms with E-state index in [9.17, 15) is 9.90 Å². The van der Waals surface area contributed by atoms with Crippen LogP contribution in [0, 0.1) is 0 Å². The molecule has 3 N–H and O–H groups in total. The molecule has 19 heavy (non-hydrogen) atoms. The first kappa shape index (κ1) is 13.4. The van der Waals surface area contributed by atoms with Crippen LogP contribution in [0.5, 0.6) is 5.75 Å². The zero-order chi connectivity index (χ0) is 14.0. The molecule has 2 aromatic rings. The molecule has 1 unspecified atom stereocenters. The highest BCUT2D eigenvalue weighted by molar-refractivity contribution is 6.30. The average Bonchev–Trinajstić information content (AvgIpc) is 2.87. The molecule has 0 aliphatic heterocycles. The SMILES string of the molecule is COc1ccc(Cl)cc1C(O)c1[nH]cnc1C(=O)O. The molecule has 0 amide bonds. The van der Waals surface area contributed by atoms with Crippen molar-refractivity contribution in [2.45, 2.75) is 6.10 Å². The average molecular weight is 283 g/mol. The second kappa shape index (κ2) is 5.29. The third-order valence-electron chi connectivity index (χ3n) is 2.63. The van der Waals surface area contributed by atoms with Gasteiger partial charge in [-0.1, -0.05) is 11.6 Å². The number of aliphatic hydroxyl groups excluding tert-OH is 1. The number of H-pyrrole nitrogens is 1. The summed E-state index contributed by atoms with van der Waals surface area (Å²) >= 11 is 5.87. The molecular weight excluding hydrogens is 272 g/mol. The van der Waals surface area contributed by atoms with Crippen molar-refractivity contribution in [2.75, 3.05) is 7.11 Å². The van der Waals surface area contributed by atoms with Crippen molar-refractivity contribution in [1.82, 2.24) is 9.97 Å². The van der Waals surface area contributed by atoms with Gasteiger partial charge in [0.2, 0.25) is 0 Å². The number of rotatable bonds is 4. The number of nitrogens with zero attached hydrogens (tertiary/aromatic N) is 1. The highest BCUT2D eigenvalue weighted by atomic mass is 35.5.